The van der Waals surface area contributed by atoms with Crippen LogP contribution in [0, 0.1) is 5.92 Å². The van der Waals surface area contributed by atoms with Crippen molar-refractivity contribution in [2.24, 2.45) is 5.92 Å². The van der Waals surface area contributed by atoms with Gasteiger partial charge in [0.2, 0.25) is 0 Å². The van der Waals surface area contributed by atoms with Crippen molar-refractivity contribution in [3.05, 3.63) is 46.5 Å². The van der Waals surface area contributed by atoms with Crippen molar-refractivity contribution >= 4 is 35.9 Å². The molecule has 7 heteroatoms. The van der Waals surface area contributed by atoms with E-state index in [1.165, 1.54) is 4.35 Å². The van der Waals surface area contributed by atoms with Crippen LogP contribution in [0.15, 0.2) is 35.1 Å². The molecule has 1 fully saturated rings. The fraction of sp³-hybridized carbons (Fsp3) is 0.450. The molecule has 1 aliphatic carbocycles. The third kappa shape index (κ3) is 3.74. The van der Waals surface area contributed by atoms with Crippen LogP contribution in [0.1, 0.15) is 44.3 Å². The second-order valence-corrected chi connectivity index (χ2v) is 9.94. The number of benzene rings is 1. The van der Waals surface area contributed by atoms with Gasteiger partial charge in [0, 0.05) is 0 Å². The van der Waals surface area contributed by atoms with Crippen molar-refractivity contribution in [3.8, 4) is 0 Å². The van der Waals surface area contributed by atoms with E-state index >= 15 is 0 Å². The SMILES string of the molecule is CCCn1c([AsH]c2ccccc2)nc2nc(C3CCC(CO)C3)[nH]c2c1=O. The molecule has 3 unspecified atom stereocenters. The molecule has 4 rings (SSSR count). The van der Waals surface area contributed by atoms with Gasteiger partial charge >= 0.3 is 165 Å². The summed E-state index contributed by atoms with van der Waals surface area (Å²) in [6.07, 6.45) is 3.82. The Kier molecular flexibility index (Phi) is 5.46. The fourth-order valence-electron chi connectivity index (χ4n) is 3.86. The Morgan fingerprint density at radius 2 is 2.07 bits per heavy atom. The summed E-state index contributed by atoms with van der Waals surface area (Å²) in [5.74, 6) is 1.47. The third-order valence-corrected chi connectivity index (χ3v) is 7.87. The number of aromatic amines is 1. The molecule has 142 valence electrons. The van der Waals surface area contributed by atoms with Gasteiger partial charge in [0.1, 0.15) is 0 Å². The Bertz CT molecular complexity index is 983. The van der Waals surface area contributed by atoms with E-state index in [4.69, 9.17) is 4.98 Å². The first-order valence-corrected chi connectivity index (χ1v) is 11.7. The number of imidazole rings is 1. The summed E-state index contributed by atoms with van der Waals surface area (Å²) in [4.78, 5) is 25.9. The Morgan fingerprint density at radius 1 is 1.26 bits per heavy atom. The number of nitrogens with one attached hydrogen (secondary N) is 1. The molecule has 27 heavy (non-hydrogen) atoms. The number of H-pyrrole nitrogens is 1. The summed E-state index contributed by atoms with van der Waals surface area (Å²) in [6, 6.07) is 10.3. The molecule has 2 heterocycles. The molecule has 0 bridgehead atoms. The summed E-state index contributed by atoms with van der Waals surface area (Å²) in [5, 5.41) is 9.39. The van der Waals surface area contributed by atoms with E-state index in [0.717, 1.165) is 36.1 Å². The number of aliphatic hydroxyl groups is 1. The summed E-state index contributed by atoms with van der Waals surface area (Å²) in [7, 11) is 0. The second-order valence-electron chi connectivity index (χ2n) is 7.26. The number of aliphatic hydroxyl groups excluding tert-OH is 1. The van der Waals surface area contributed by atoms with Crippen LogP contribution in [0.2, 0.25) is 0 Å². The molecule has 2 N–H and O–H groups in total. The molecule has 6 nitrogen and oxygen atoms in total. The van der Waals surface area contributed by atoms with Gasteiger partial charge in [-0.2, -0.15) is 0 Å². The van der Waals surface area contributed by atoms with E-state index in [2.05, 4.69) is 29.0 Å². The van der Waals surface area contributed by atoms with Crippen molar-refractivity contribution in [1.29, 1.82) is 0 Å². The Balaban J connectivity index is 1.74. The van der Waals surface area contributed by atoms with E-state index in [9.17, 15) is 9.90 Å². The molecule has 3 aromatic rings. The number of nitrogens with zero attached hydrogens (tertiary/aromatic N) is 3. The van der Waals surface area contributed by atoms with E-state index < -0.39 is 15.8 Å². The quantitative estimate of drug-likeness (QED) is 0.569. The van der Waals surface area contributed by atoms with Crippen molar-refractivity contribution in [2.45, 2.75) is 45.1 Å². The normalized spacial score (nSPS) is 20.2. The van der Waals surface area contributed by atoms with Gasteiger partial charge in [-0.05, 0) is 0 Å². The fourth-order valence-corrected chi connectivity index (χ4v) is 6.23. The first-order chi connectivity index (χ1) is 13.2. The monoisotopic (exact) mass is 428 g/mol. The Morgan fingerprint density at radius 3 is 2.78 bits per heavy atom. The second kappa shape index (κ2) is 7.99. The maximum absolute atomic E-state index is 13.1. The van der Waals surface area contributed by atoms with Crippen LogP contribution in [-0.4, -0.2) is 47.0 Å². The van der Waals surface area contributed by atoms with Gasteiger partial charge in [-0.25, -0.2) is 0 Å². The molecular formula is C20H25AsN4O2. The number of hydrogen-bond acceptors (Lipinski definition) is 4. The molecular weight excluding hydrogens is 403 g/mol. The summed E-state index contributed by atoms with van der Waals surface area (Å²) in [5.41, 5.74) is 1.06. The van der Waals surface area contributed by atoms with Crippen molar-refractivity contribution in [1.82, 2.24) is 19.5 Å². The van der Waals surface area contributed by atoms with Crippen molar-refractivity contribution in [3.63, 3.8) is 0 Å². The number of aromatic nitrogens is 4. The average molecular weight is 428 g/mol. The molecule has 1 aliphatic rings. The minimum absolute atomic E-state index is 0.00742. The molecule has 1 saturated carbocycles. The molecule has 1 aromatic carbocycles. The van der Waals surface area contributed by atoms with Crippen molar-refractivity contribution in [2.75, 3.05) is 6.61 Å². The predicted molar refractivity (Wildman–Crippen MR) is 108 cm³/mol. The first kappa shape index (κ1) is 18.5. The van der Waals surface area contributed by atoms with E-state index in [1.807, 2.05) is 22.8 Å². The van der Waals surface area contributed by atoms with E-state index in [1.54, 1.807) is 0 Å². The van der Waals surface area contributed by atoms with Gasteiger partial charge in [0.25, 0.3) is 0 Å². The van der Waals surface area contributed by atoms with Gasteiger partial charge in [-0.15, -0.1) is 0 Å². The van der Waals surface area contributed by atoms with Crippen molar-refractivity contribution < 1.29 is 5.11 Å². The maximum atomic E-state index is 13.1. The van der Waals surface area contributed by atoms with Crippen LogP contribution in [-0.2, 0) is 6.54 Å². The molecule has 0 spiro atoms. The zero-order chi connectivity index (χ0) is 18.8. The van der Waals surface area contributed by atoms with Crippen LogP contribution in [0.3, 0.4) is 0 Å². The van der Waals surface area contributed by atoms with Gasteiger partial charge < -0.3 is 0 Å². The van der Waals surface area contributed by atoms with Gasteiger partial charge in [-0.1, -0.05) is 0 Å². The zero-order valence-electron chi connectivity index (χ0n) is 15.5. The van der Waals surface area contributed by atoms with E-state index in [0.29, 0.717) is 23.6 Å². The predicted octanol–water partition coefficient (Wildman–Crippen LogP) is 0.793. The minimum atomic E-state index is -0.702. The van der Waals surface area contributed by atoms with Crippen LogP contribution >= 0.6 is 0 Å². The number of hydrogen-bond donors (Lipinski definition) is 2. The van der Waals surface area contributed by atoms with Crippen LogP contribution in [0.4, 0.5) is 0 Å². The topological polar surface area (TPSA) is 83.8 Å². The van der Waals surface area contributed by atoms with Crippen LogP contribution in [0.25, 0.3) is 11.2 Å². The summed E-state index contributed by atoms with van der Waals surface area (Å²) < 4.78 is 3.98. The number of fused-ring (bicyclic) bond motifs is 1. The molecule has 0 radical (unpaired) electrons. The van der Waals surface area contributed by atoms with Gasteiger partial charge in [0.05, 0.1) is 0 Å². The number of rotatable bonds is 6. The molecule has 0 saturated heterocycles. The standard InChI is InChI=1S/C20H25AsN4O2/c1-2-10-25-19(27)16-18(24-20(25)21-15-6-4-3-5-7-15)23-17(22-16)14-9-8-13(11-14)12-26/h3-7,13-14,21,26H,2,8-12H2,1H3,(H,22,23). The van der Waals surface area contributed by atoms with E-state index in [-0.39, 0.29) is 18.1 Å². The molecule has 3 atom stereocenters. The molecule has 0 amide bonds. The summed E-state index contributed by atoms with van der Waals surface area (Å²) >= 11 is -0.702. The Labute approximate surface area is 164 Å². The summed E-state index contributed by atoms with van der Waals surface area (Å²) in [6.45, 7) is 2.98. The van der Waals surface area contributed by atoms with Gasteiger partial charge in [0.15, 0.2) is 0 Å². The first-order valence-electron chi connectivity index (χ1n) is 9.63. The molecule has 0 aliphatic heterocycles. The average Bonchev–Trinajstić information content (AvgIpc) is 3.32. The van der Waals surface area contributed by atoms with Crippen LogP contribution in [0.5, 0.6) is 0 Å². The van der Waals surface area contributed by atoms with Crippen LogP contribution < -0.4 is 14.5 Å². The third-order valence-electron chi connectivity index (χ3n) is 5.29. The van der Waals surface area contributed by atoms with Gasteiger partial charge in [-0.3, -0.25) is 0 Å². The Hall–Kier alpha value is -1.91. The molecule has 2 aromatic heterocycles. The zero-order valence-corrected chi connectivity index (χ0v) is 17.6.